The van der Waals surface area contributed by atoms with Crippen molar-refractivity contribution >= 4 is 38.6 Å². The number of nitrogens with one attached hydrogen (secondary N) is 1. The molecule has 2 aliphatic rings. The quantitative estimate of drug-likeness (QED) is 0.862. The van der Waals surface area contributed by atoms with Gasteiger partial charge in [0.25, 0.3) is 0 Å². The molecule has 0 aliphatic carbocycles. The van der Waals surface area contributed by atoms with Gasteiger partial charge in [-0.2, -0.15) is 0 Å². The molecule has 2 aliphatic heterocycles. The third kappa shape index (κ3) is 1.67. The Morgan fingerprint density at radius 3 is 3.00 bits per heavy atom. The summed E-state index contributed by atoms with van der Waals surface area (Å²) in [6, 6.07) is 7.81. The van der Waals surface area contributed by atoms with E-state index in [1.807, 2.05) is 29.2 Å². The summed E-state index contributed by atoms with van der Waals surface area (Å²) in [6.45, 7) is 0.941. The van der Waals surface area contributed by atoms with Crippen LogP contribution in [0.5, 0.6) is 0 Å². The molecular formula is C14H13N3O3S. The van der Waals surface area contributed by atoms with Crippen LogP contribution in [0.15, 0.2) is 24.3 Å². The van der Waals surface area contributed by atoms with Crippen molar-refractivity contribution in [3.63, 3.8) is 0 Å². The number of fused-ring (bicyclic) bond motifs is 2. The summed E-state index contributed by atoms with van der Waals surface area (Å²) in [5.41, 5.74) is -0.113. The van der Waals surface area contributed by atoms with Crippen molar-refractivity contribution in [3.8, 4) is 0 Å². The second kappa shape index (κ2) is 4.17. The van der Waals surface area contributed by atoms with Crippen LogP contribution in [-0.4, -0.2) is 41.6 Å². The normalized spacial score (nSPS) is 27.9. The molecule has 1 amide bonds. The summed E-state index contributed by atoms with van der Waals surface area (Å²) in [5.74, 6) is -1.57. The van der Waals surface area contributed by atoms with E-state index in [9.17, 15) is 14.7 Å². The van der Waals surface area contributed by atoms with E-state index in [2.05, 4.69) is 10.3 Å². The maximum Gasteiger partial charge on any atom is 0.314 e. The number of thiazole rings is 1. The number of carboxylic acids is 1. The van der Waals surface area contributed by atoms with Gasteiger partial charge in [0.15, 0.2) is 5.13 Å². The van der Waals surface area contributed by atoms with Crippen LogP contribution in [0.2, 0.25) is 0 Å². The lowest BCUT2D eigenvalue weighted by Crippen LogP contribution is -2.40. The number of aliphatic carboxylic acids is 1. The summed E-state index contributed by atoms with van der Waals surface area (Å²) in [7, 11) is 0. The first kappa shape index (κ1) is 12.6. The predicted octanol–water partition coefficient (Wildman–Crippen LogP) is 0.933. The zero-order chi connectivity index (χ0) is 14.6. The van der Waals surface area contributed by atoms with Gasteiger partial charge in [0.1, 0.15) is 5.41 Å². The Morgan fingerprint density at radius 1 is 1.48 bits per heavy atom. The van der Waals surface area contributed by atoms with E-state index in [-0.39, 0.29) is 12.5 Å². The summed E-state index contributed by atoms with van der Waals surface area (Å²) >= 11 is 1.54. The van der Waals surface area contributed by atoms with Gasteiger partial charge in [-0.25, -0.2) is 4.98 Å². The molecule has 4 rings (SSSR count). The highest BCUT2D eigenvalue weighted by molar-refractivity contribution is 7.22. The van der Waals surface area contributed by atoms with Gasteiger partial charge in [-0.3, -0.25) is 9.59 Å². The molecule has 1 aromatic heterocycles. The number of carbonyl (C=O) groups is 2. The van der Waals surface area contributed by atoms with Gasteiger partial charge in [-0.05, 0) is 12.1 Å². The fourth-order valence-electron chi connectivity index (χ4n) is 3.22. The fourth-order valence-corrected chi connectivity index (χ4v) is 4.20. The zero-order valence-corrected chi connectivity index (χ0v) is 11.9. The second-order valence-electron chi connectivity index (χ2n) is 5.58. The average Bonchev–Trinajstić information content (AvgIpc) is 3.12. The number of carboxylic acid groups (broad SMARTS) is 1. The van der Waals surface area contributed by atoms with Crippen LogP contribution in [0.4, 0.5) is 5.13 Å². The van der Waals surface area contributed by atoms with Crippen molar-refractivity contribution in [2.24, 2.45) is 11.3 Å². The lowest BCUT2D eigenvalue weighted by atomic mass is 9.81. The average molecular weight is 303 g/mol. The first-order valence-electron chi connectivity index (χ1n) is 6.72. The van der Waals surface area contributed by atoms with Gasteiger partial charge in [0.05, 0.1) is 16.1 Å². The highest BCUT2D eigenvalue weighted by Crippen LogP contribution is 2.43. The molecule has 0 spiro atoms. The van der Waals surface area contributed by atoms with Gasteiger partial charge in [0, 0.05) is 19.6 Å². The number of hydrogen-bond donors (Lipinski definition) is 2. The maximum atomic E-state index is 11.9. The molecule has 2 atom stereocenters. The number of para-hydroxylation sites is 1. The Morgan fingerprint density at radius 2 is 2.29 bits per heavy atom. The van der Waals surface area contributed by atoms with E-state index in [0.717, 1.165) is 15.3 Å². The molecule has 108 valence electrons. The van der Waals surface area contributed by atoms with Crippen LogP contribution < -0.4 is 10.2 Å². The Labute approximate surface area is 124 Å². The van der Waals surface area contributed by atoms with Crippen molar-refractivity contribution in [2.75, 3.05) is 24.5 Å². The smallest absolute Gasteiger partial charge is 0.314 e. The molecular weight excluding hydrogens is 290 g/mol. The molecule has 6 nitrogen and oxygen atoms in total. The molecule has 0 unspecified atom stereocenters. The standard InChI is InChI=1S/C14H13N3O3S/c18-11-8-5-17(7-14(8,6-15-11)12(19)20)13-16-9-3-1-2-4-10(9)21-13/h1-4,8H,5-7H2,(H,15,18)(H,19,20)/t8-,14+/m0/s1. The van der Waals surface area contributed by atoms with E-state index >= 15 is 0 Å². The van der Waals surface area contributed by atoms with Gasteiger partial charge < -0.3 is 15.3 Å². The Bertz CT molecular complexity index is 726. The van der Waals surface area contributed by atoms with Crippen LogP contribution in [0, 0.1) is 11.3 Å². The van der Waals surface area contributed by atoms with Gasteiger partial charge >= 0.3 is 5.97 Å². The fraction of sp³-hybridized carbons (Fsp3) is 0.357. The Balaban J connectivity index is 1.72. The number of benzene rings is 1. The van der Waals surface area contributed by atoms with E-state index < -0.39 is 17.3 Å². The van der Waals surface area contributed by atoms with E-state index in [4.69, 9.17) is 0 Å². The number of anilines is 1. The maximum absolute atomic E-state index is 11.9. The van der Waals surface area contributed by atoms with Crippen LogP contribution >= 0.6 is 11.3 Å². The van der Waals surface area contributed by atoms with E-state index in [0.29, 0.717) is 13.1 Å². The number of aromatic nitrogens is 1. The van der Waals surface area contributed by atoms with Crippen molar-refractivity contribution in [2.45, 2.75) is 0 Å². The lowest BCUT2D eigenvalue weighted by molar-refractivity contribution is -0.149. The van der Waals surface area contributed by atoms with Gasteiger partial charge in [-0.1, -0.05) is 23.5 Å². The predicted molar refractivity (Wildman–Crippen MR) is 78.4 cm³/mol. The van der Waals surface area contributed by atoms with Crippen molar-refractivity contribution in [1.82, 2.24) is 10.3 Å². The summed E-state index contributed by atoms with van der Waals surface area (Å²) < 4.78 is 1.07. The molecule has 0 bridgehead atoms. The summed E-state index contributed by atoms with van der Waals surface area (Å²) in [5, 5.41) is 13.0. The molecule has 2 saturated heterocycles. The monoisotopic (exact) mass is 303 g/mol. The number of rotatable bonds is 2. The van der Waals surface area contributed by atoms with Gasteiger partial charge in [0.2, 0.25) is 5.91 Å². The molecule has 2 fully saturated rings. The Kier molecular flexibility index (Phi) is 2.50. The van der Waals surface area contributed by atoms with E-state index in [1.54, 1.807) is 0 Å². The molecule has 3 heterocycles. The largest absolute Gasteiger partial charge is 0.481 e. The molecule has 0 radical (unpaired) electrons. The topological polar surface area (TPSA) is 82.5 Å². The minimum atomic E-state index is -1.02. The molecule has 7 heteroatoms. The molecule has 2 N–H and O–H groups in total. The first-order valence-corrected chi connectivity index (χ1v) is 7.53. The van der Waals surface area contributed by atoms with Crippen molar-refractivity contribution < 1.29 is 14.7 Å². The van der Waals surface area contributed by atoms with Crippen molar-refractivity contribution in [1.29, 1.82) is 0 Å². The highest BCUT2D eigenvalue weighted by Gasteiger charge is 2.59. The van der Waals surface area contributed by atoms with Crippen LogP contribution in [0.25, 0.3) is 10.2 Å². The van der Waals surface area contributed by atoms with Crippen LogP contribution in [-0.2, 0) is 9.59 Å². The number of carbonyl (C=O) groups excluding carboxylic acids is 1. The molecule has 21 heavy (non-hydrogen) atoms. The number of nitrogens with zero attached hydrogens (tertiary/aromatic N) is 2. The Hall–Kier alpha value is -2.15. The molecule has 2 aromatic rings. The van der Waals surface area contributed by atoms with Gasteiger partial charge in [-0.15, -0.1) is 0 Å². The first-order chi connectivity index (χ1) is 10.1. The van der Waals surface area contributed by atoms with Crippen LogP contribution in [0.1, 0.15) is 0 Å². The SMILES string of the molecule is O=C1NC[C@@]2(C(=O)O)CN(c3nc4ccccc4s3)C[C@@H]12. The van der Waals surface area contributed by atoms with Crippen molar-refractivity contribution in [3.05, 3.63) is 24.3 Å². The number of hydrogen-bond acceptors (Lipinski definition) is 5. The minimum absolute atomic E-state index is 0.166. The summed E-state index contributed by atoms with van der Waals surface area (Å²) in [6.07, 6.45) is 0. The molecule has 0 saturated carbocycles. The zero-order valence-electron chi connectivity index (χ0n) is 11.1. The molecule has 1 aromatic carbocycles. The van der Waals surface area contributed by atoms with Crippen LogP contribution in [0.3, 0.4) is 0 Å². The highest BCUT2D eigenvalue weighted by atomic mass is 32.1. The lowest BCUT2D eigenvalue weighted by Gasteiger charge is -2.21. The summed E-state index contributed by atoms with van der Waals surface area (Å²) in [4.78, 5) is 30.0. The number of amides is 1. The minimum Gasteiger partial charge on any atom is -0.481 e. The third-order valence-corrected chi connectivity index (χ3v) is 5.51. The third-order valence-electron chi connectivity index (χ3n) is 4.42. The van der Waals surface area contributed by atoms with E-state index in [1.165, 1.54) is 11.3 Å². The second-order valence-corrected chi connectivity index (χ2v) is 6.59.